The first-order valence-electron chi connectivity index (χ1n) is 7.82. The molecule has 1 unspecified atom stereocenters. The molecule has 3 rings (SSSR count). The molecule has 1 aliphatic rings. The summed E-state index contributed by atoms with van der Waals surface area (Å²) in [6.07, 6.45) is 10.2. The number of allylic oxidation sites excluding steroid dienone is 4. The number of methoxy groups -OCH3 is 2. The number of hydrogen-bond acceptors (Lipinski definition) is 4. The first-order valence-corrected chi connectivity index (χ1v) is 7.82. The average molecular weight is 311 g/mol. The highest BCUT2D eigenvalue weighted by atomic mass is 16.5. The van der Waals surface area contributed by atoms with Crippen LogP contribution in [0.3, 0.4) is 0 Å². The highest BCUT2D eigenvalue weighted by molar-refractivity contribution is 5.65. The van der Waals surface area contributed by atoms with Gasteiger partial charge in [0.05, 0.1) is 19.9 Å². The minimum atomic E-state index is 0.281. The van der Waals surface area contributed by atoms with E-state index in [1.54, 1.807) is 14.2 Å². The largest absolute Gasteiger partial charge is 0.493 e. The van der Waals surface area contributed by atoms with Crippen LogP contribution in [0.4, 0.5) is 0 Å². The molecule has 23 heavy (non-hydrogen) atoms. The van der Waals surface area contributed by atoms with Gasteiger partial charge in [-0.05, 0) is 30.5 Å². The standard InChI is InChI=1S/C19H21NO3/c1-4-13-10-15(11-18(21-2)19(13)22-3)17-12-16(20-23-17)14-8-6-5-7-9-14/h5-8,10-12,14H,4,9H2,1-3H3. The summed E-state index contributed by atoms with van der Waals surface area (Å²) in [4.78, 5) is 0. The minimum absolute atomic E-state index is 0.281. The molecule has 0 spiro atoms. The SMILES string of the molecule is CCc1cc(-c2cc(C3C=CC=CC3)no2)cc(OC)c1OC. The summed E-state index contributed by atoms with van der Waals surface area (Å²) in [7, 11) is 3.30. The van der Waals surface area contributed by atoms with E-state index in [1.165, 1.54) is 0 Å². The maximum atomic E-state index is 5.57. The van der Waals surface area contributed by atoms with E-state index in [0.717, 1.165) is 41.2 Å². The zero-order valence-electron chi connectivity index (χ0n) is 13.7. The van der Waals surface area contributed by atoms with Crippen molar-refractivity contribution in [2.24, 2.45) is 0 Å². The molecule has 1 atom stereocenters. The van der Waals surface area contributed by atoms with Crippen LogP contribution in [0.25, 0.3) is 11.3 Å². The second-order valence-corrected chi connectivity index (χ2v) is 5.50. The van der Waals surface area contributed by atoms with Crippen LogP contribution < -0.4 is 9.47 Å². The number of nitrogens with zero attached hydrogens (tertiary/aromatic N) is 1. The Labute approximate surface area is 136 Å². The summed E-state index contributed by atoms with van der Waals surface area (Å²) in [6.45, 7) is 2.09. The zero-order chi connectivity index (χ0) is 16.2. The fourth-order valence-corrected chi connectivity index (χ4v) is 2.85. The highest BCUT2D eigenvalue weighted by Gasteiger charge is 2.18. The molecule has 0 saturated heterocycles. The smallest absolute Gasteiger partial charge is 0.167 e. The lowest BCUT2D eigenvalue weighted by Crippen LogP contribution is -1.96. The predicted molar refractivity (Wildman–Crippen MR) is 90.1 cm³/mol. The van der Waals surface area contributed by atoms with E-state index in [0.29, 0.717) is 5.75 Å². The Morgan fingerprint density at radius 3 is 2.70 bits per heavy atom. The summed E-state index contributed by atoms with van der Waals surface area (Å²) in [5, 5.41) is 4.24. The normalized spacial score (nSPS) is 16.6. The Morgan fingerprint density at radius 2 is 2.04 bits per heavy atom. The van der Waals surface area contributed by atoms with Gasteiger partial charge in [0.2, 0.25) is 0 Å². The Balaban J connectivity index is 1.97. The van der Waals surface area contributed by atoms with Gasteiger partial charge in [-0.15, -0.1) is 0 Å². The van der Waals surface area contributed by atoms with Crippen LogP contribution in [0.15, 0.2) is 47.0 Å². The first-order chi connectivity index (χ1) is 11.3. The van der Waals surface area contributed by atoms with Crippen LogP contribution >= 0.6 is 0 Å². The molecule has 4 heteroatoms. The van der Waals surface area contributed by atoms with Crippen LogP contribution in [0.1, 0.15) is 30.5 Å². The van der Waals surface area contributed by atoms with Gasteiger partial charge in [-0.2, -0.15) is 0 Å². The second-order valence-electron chi connectivity index (χ2n) is 5.50. The van der Waals surface area contributed by atoms with Crippen molar-refractivity contribution in [3.63, 3.8) is 0 Å². The van der Waals surface area contributed by atoms with Gasteiger partial charge in [0.25, 0.3) is 0 Å². The second kappa shape index (κ2) is 6.73. The van der Waals surface area contributed by atoms with Crippen molar-refractivity contribution in [1.29, 1.82) is 0 Å². The number of aryl methyl sites for hydroxylation is 1. The average Bonchev–Trinajstić information content (AvgIpc) is 3.11. The molecule has 1 aromatic carbocycles. The summed E-state index contributed by atoms with van der Waals surface area (Å²) in [5.74, 6) is 2.51. The zero-order valence-corrected chi connectivity index (χ0v) is 13.7. The van der Waals surface area contributed by atoms with Gasteiger partial charge in [0.1, 0.15) is 0 Å². The third-order valence-electron chi connectivity index (χ3n) is 4.11. The molecule has 0 saturated carbocycles. The summed E-state index contributed by atoms with van der Waals surface area (Å²) in [6, 6.07) is 6.01. The van der Waals surface area contributed by atoms with Crippen LogP contribution in [0, 0.1) is 0 Å². The molecule has 0 amide bonds. The van der Waals surface area contributed by atoms with E-state index in [4.69, 9.17) is 14.0 Å². The van der Waals surface area contributed by atoms with Crippen molar-refractivity contribution in [1.82, 2.24) is 5.16 Å². The van der Waals surface area contributed by atoms with Crippen LogP contribution in [-0.4, -0.2) is 19.4 Å². The third kappa shape index (κ3) is 3.02. The maximum absolute atomic E-state index is 5.57. The molecular weight excluding hydrogens is 290 g/mol. The van der Waals surface area contributed by atoms with Crippen molar-refractivity contribution >= 4 is 0 Å². The topological polar surface area (TPSA) is 44.5 Å². The molecule has 4 nitrogen and oxygen atoms in total. The van der Waals surface area contributed by atoms with Crippen LogP contribution in [0.2, 0.25) is 0 Å². The molecular formula is C19H21NO3. The van der Waals surface area contributed by atoms with Gasteiger partial charge in [-0.3, -0.25) is 0 Å². The van der Waals surface area contributed by atoms with Gasteiger partial charge in [0, 0.05) is 17.5 Å². The predicted octanol–water partition coefficient (Wildman–Crippen LogP) is 4.52. The van der Waals surface area contributed by atoms with E-state index in [2.05, 4.69) is 36.4 Å². The number of ether oxygens (including phenoxy) is 2. The maximum Gasteiger partial charge on any atom is 0.167 e. The minimum Gasteiger partial charge on any atom is -0.493 e. The van der Waals surface area contributed by atoms with Gasteiger partial charge in [-0.25, -0.2) is 0 Å². The molecule has 0 aliphatic heterocycles. The molecule has 1 aliphatic carbocycles. The molecule has 1 aromatic heterocycles. The van der Waals surface area contributed by atoms with E-state index >= 15 is 0 Å². The monoisotopic (exact) mass is 311 g/mol. The van der Waals surface area contributed by atoms with Crippen molar-refractivity contribution < 1.29 is 14.0 Å². The number of hydrogen-bond donors (Lipinski definition) is 0. The van der Waals surface area contributed by atoms with Crippen molar-refractivity contribution in [3.8, 4) is 22.8 Å². The summed E-state index contributed by atoms with van der Waals surface area (Å²) >= 11 is 0. The molecule has 1 heterocycles. The fourth-order valence-electron chi connectivity index (χ4n) is 2.85. The number of rotatable bonds is 5. The van der Waals surface area contributed by atoms with E-state index in [1.807, 2.05) is 18.2 Å². The Kier molecular flexibility index (Phi) is 4.51. The Morgan fingerprint density at radius 1 is 1.17 bits per heavy atom. The molecule has 120 valence electrons. The Bertz CT molecular complexity index is 718. The molecule has 0 bridgehead atoms. The van der Waals surface area contributed by atoms with Gasteiger partial charge in [-0.1, -0.05) is 36.4 Å². The van der Waals surface area contributed by atoms with Crippen molar-refractivity contribution in [2.75, 3.05) is 14.2 Å². The lowest BCUT2D eigenvalue weighted by atomic mass is 9.96. The van der Waals surface area contributed by atoms with E-state index in [9.17, 15) is 0 Å². The molecule has 0 radical (unpaired) electrons. The molecule has 2 aromatic rings. The van der Waals surface area contributed by atoms with Gasteiger partial charge >= 0.3 is 0 Å². The summed E-state index contributed by atoms with van der Waals surface area (Å²) in [5.41, 5.74) is 2.99. The Hall–Kier alpha value is -2.49. The quantitative estimate of drug-likeness (QED) is 0.814. The van der Waals surface area contributed by atoms with Crippen LogP contribution in [0.5, 0.6) is 11.5 Å². The lowest BCUT2D eigenvalue weighted by molar-refractivity contribution is 0.352. The lowest BCUT2D eigenvalue weighted by Gasteiger charge is -2.13. The van der Waals surface area contributed by atoms with Gasteiger partial charge in [0.15, 0.2) is 17.3 Å². The van der Waals surface area contributed by atoms with E-state index in [-0.39, 0.29) is 5.92 Å². The van der Waals surface area contributed by atoms with Gasteiger partial charge < -0.3 is 14.0 Å². The van der Waals surface area contributed by atoms with E-state index < -0.39 is 0 Å². The van der Waals surface area contributed by atoms with Crippen LogP contribution in [-0.2, 0) is 6.42 Å². The summed E-state index contributed by atoms with van der Waals surface area (Å²) < 4.78 is 16.5. The highest BCUT2D eigenvalue weighted by Crippen LogP contribution is 2.37. The first kappa shape index (κ1) is 15.4. The molecule has 0 N–H and O–H groups in total. The van der Waals surface area contributed by atoms with Crippen molar-refractivity contribution in [3.05, 3.63) is 53.8 Å². The fraction of sp³-hybridized carbons (Fsp3) is 0.316. The third-order valence-corrected chi connectivity index (χ3v) is 4.11. The molecule has 0 fully saturated rings. The number of benzene rings is 1. The van der Waals surface area contributed by atoms with Crippen molar-refractivity contribution in [2.45, 2.75) is 25.7 Å². The number of aromatic nitrogens is 1.